The van der Waals surface area contributed by atoms with Crippen LogP contribution < -0.4 is 5.73 Å². The van der Waals surface area contributed by atoms with Crippen LogP contribution in [0.1, 0.15) is 12.5 Å². The van der Waals surface area contributed by atoms with Crippen molar-refractivity contribution in [3.8, 4) is 0 Å². The molecular formula is C6H10N4S2. The van der Waals surface area contributed by atoms with Crippen molar-refractivity contribution in [2.75, 3.05) is 17.2 Å². The number of hydrogen-bond donors (Lipinski definition) is 2. The Bertz CT molecular complexity index is 323. The first-order valence-electron chi connectivity index (χ1n) is 3.79. The fourth-order valence-corrected chi connectivity index (χ4v) is 2.88. The van der Waals surface area contributed by atoms with E-state index in [2.05, 4.69) is 10.2 Å². The van der Waals surface area contributed by atoms with Gasteiger partial charge in [-0.15, -0.1) is 5.10 Å². The second-order valence-corrected chi connectivity index (χ2v) is 4.31. The zero-order chi connectivity index (χ0) is 8.55. The van der Waals surface area contributed by atoms with Crippen LogP contribution in [0.15, 0.2) is 0 Å². The first-order chi connectivity index (χ1) is 5.79. The van der Waals surface area contributed by atoms with Crippen LogP contribution in [0, 0.1) is 4.77 Å². The molecule has 0 aliphatic carbocycles. The SMILES string of the molecule is Nc1n[nH]c(=S)n1C1CCSC1. The molecule has 0 bridgehead atoms. The first kappa shape index (κ1) is 8.12. The topological polar surface area (TPSA) is 59.6 Å². The Labute approximate surface area is 79.5 Å². The molecule has 1 aliphatic rings. The van der Waals surface area contributed by atoms with Gasteiger partial charge in [0.1, 0.15) is 0 Å². The third-order valence-electron chi connectivity index (χ3n) is 2.00. The van der Waals surface area contributed by atoms with E-state index >= 15 is 0 Å². The van der Waals surface area contributed by atoms with Crippen LogP contribution >= 0.6 is 24.0 Å². The van der Waals surface area contributed by atoms with Gasteiger partial charge in [-0.2, -0.15) is 11.8 Å². The van der Waals surface area contributed by atoms with Crippen molar-refractivity contribution in [2.45, 2.75) is 12.5 Å². The van der Waals surface area contributed by atoms with Gasteiger partial charge in [-0.3, -0.25) is 4.57 Å². The van der Waals surface area contributed by atoms with Crippen LogP contribution in [0.4, 0.5) is 5.95 Å². The van der Waals surface area contributed by atoms with Crippen molar-refractivity contribution in [1.82, 2.24) is 14.8 Å². The highest BCUT2D eigenvalue weighted by Gasteiger charge is 2.20. The maximum absolute atomic E-state index is 5.67. The Hall–Kier alpha value is -0.490. The minimum absolute atomic E-state index is 0.446. The van der Waals surface area contributed by atoms with Crippen molar-refractivity contribution in [2.24, 2.45) is 0 Å². The monoisotopic (exact) mass is 202 g/mol. The van der Waals surface area contributed by atoms with E-state index in [0.29, 0.717) is 16.8 Å². The molecule has 0 aromatic carbocycles. The van der Waals surface area contributed by atoms with E-state index in [0.717, 1.165) is 12.2 Å². The lowest BCUT2D eigenvalue weighted by atomic mass is 10.3. The minimum Gasteiger partial charge on any atom is -0.368 e. The van der Waals surface area contributed by atoms with E-state index in [9.17, 15) is 0 Å². The van der Waals surface area contributed by atoms with Gasteiger partial charge in [0, 0.05) is 11.8 Å². The van der Waals surface area contributed by atoms with E-state index in [-0.39, 0.29) is 0 Å². The second kappa shape index (κ2) is 3.10. The van der Waals surface area contributed by atoms with Gasteiger partial charge in [0.25, 0.3) is 0 Å². The molecule has 1 unspecified atom stereocenters. The lowest BCUT2D eigenvalue weighted by Gasteiger charge is -2.09. The molecule has 0 radical (unpaired) electrons. The maximum atomic E-state index is 5.67. The lowest BCUT2D eigenvalue weighted by molar-refractivity contribution is 0.559. The van der Waals surface area contributed by atoms with Gasteiger partial charge in [-0.05, 0) is 24.4 Å². The second-order valence-electron chi connectivity index (χ2n) is 2.77. The zero-order valence-corrected chi connectivity index (χ0v) is 8.12. The first-order valence-corrected chi connectivity index (χ1v) is 5.35. The lowest BCUT2D eigenvalue weighted by Crippen LogP contribution is -2.11. The molecule has 2 heterocycles. The van der Waals surface area contributed by atoms with Crippen molar-refractivity contribution in [1.29, 1.82) is 0 Å². The number of nitrogens with one attached hydrogen (secondary N) is 1. The number of hydrogen-bond acceptors (Lipinski definition) is 4. The number of anilines is 1. The molecule has 12 heavy (non-hydrogen) atoms. The summed E-state index contributed by atoms with van der Waals surface area (Å²) < 4.78 is 2.55. The molecule has 0 amide bonds. The summed E-state index contributed by atoms with van der Waals surface area (Å²) in [6.07, 6.45) is 1.14. The summed E-state index contributed by atoms with van der Waals surface area (Å²) in [6, 6.07) is 0.446. The Kier molecular flexibility index (Phi) is 2.10. The summed E-state index contributed by atoms with van der Waals surface area (Å²) in [7, 11) is 0. The number of aromatic nitrogens is 3. The van der Waals surface area contributed by atoms with Crippen molar-refractivity contribution in [3.63, 3.8) is 0 Å². The van der Waals surface area contributed by atoms with Gasteiger partial charge in [0.2, 0.25) is 5.95 Å². The van der Waals surface area contributed by atoms with Crippen molar-refractivity contribution in [3.05, 3.63) is 4.77 Å². The van der Waals surface area contributed by atoms with Crippen molar-refractivity contribution >= 4 is 29.9 Å². The molecule has 0 spiro atoms. The number of nitrogens with two attached hydrogens (primary N) is 1. The fraction of sp³-hybridized carbons (Fsp3) is 0.667. The van der Waals surface area contributed by atoms with Crippen LogP contribution in [0.3, 0.4) is 0 Å². The van der Waals surface area contributed by atoms with Gasteiger partial charge in [-0.1, -0.05) is 0 Å². The van der Waals surface area contributed by atoms with Crippen LogP contribution in [-0.4, -0.2) is 26.3 Å². The molecule has 1 saturated heterocycles. The number of thioether (sulfide) groups is 1. The van der Waals surface area contributed by atoms with Crippen LogP contribution in [-0.2, 0) is 0 Å². The maximum Gasteiger partial charge on any atom is 0.220 e. The summed E-state index contributed by atoms with van der Waals surface area (Å²) >= 11 is 7.00. The molecule has 3 N–H and O–H groups in total. The summed E-state index contributed by atoms with van der Waals surface area (Å²) in [5, 5.41) is 6.57. The van der Waals surface area contributed by atoms with E-state index in [4.69, 9.17) is 18.0 Å². The van der Waals surface area contributed by atoms with Crippen LogP contribution in [0.5, 0.6) is 0 Å². The highest BCUT2D eigenvalue weighted by Crippen LogP contribution is 2.29. The quantitative estimate of drug-likeness (QED) is 0.672. The molecule has 1 aliphatic heterocycles. The average molecular weight is 202 g/mol. The van der Waals surface area contributed by atoms with Crippen LogP contribution in [0.25, 0.3) is 0 Å². The van der Waals surface area contributed by atoms with Crippen LogP contribution in [0.2, 0.25) is 0 Å². The summed E-state index contributed by atoms with van der Waals surface area (Å²) in [6.45, 7) is 0. The normalized spacial score (nSPS) is 23.2. The van der Waals surface area contributed by atoms with Gasteiger partial charge >= 0.3 is 0 Å². The van der Waals surface area contributed by atoms with Gasteiger partial charge in [-0.25, -0.2) is 5.10 Å². The van der Waals surface area contributed by atoms with Gasteiger partial charge < -0.3 is 5.73 Å². The largest absolute Gasteiger partial charge is 0.368 e. The Balaban J connectivity index is 2.37. The standard InChI is InChI=1S/C6H10N4S2/c7-5-8-9-6(11)10(5)4-1-2-12-3-4/h4H,1-3H2,(H2,7,8)(H,9,11). The summed E-state index contributed by atoms with van der Waals surface area (Å²) in [5.41, 5.74) is 5.67. The Morgan fingerprint density at radius 1 is 1.75 bits per heavy atom. The highest BCUT2D eigenvalue weighted by atomic mass is 32.2. The van der Waals surface area contributed by atoms with Gasteiger partial charge in [0.15, 0.2) is 4.77 Å². The molecule has 1 aromatic heterocycles. The molecule has 2 rings (SSSR count). The summed E-state index contributed by atoms with van der Waals surface area (Å²) in [5.74, 6) is 2.79. The molecule has 1 fully saturated rings. The number of nitrogens with zero attached hydrogens (tertiary/aromatic N) is 2. The van der Waals surface area contributed by atoms with E-state index in [1.54, 1.807) is 0 Å². The molecule has 1 aromatic rings. The van der Waals surface area contributed by atoms with Gasteiger partial charge in [0.05, 0.1) is 0 Å². The number of H-pyrrole nitrogens is 1. The number of rotatable bonds is 1. The molecule has 4 nitrogen and oxygen atoms in total. The van der Waals surface area contributed by atoms with E-state index < -0.39 is 0 Å². The van der Waals surface area contributed by atoms with E-state index in [1.165, 1.54) is 5.75 Å². The minimum atomic E-state index is 0.446. The predicted octanol–water partition coefficient (Wildman–Crippen LogP) is 1.20. The smallest absolute Gasteiger partial charge is 0.220 e. The average Bonchev–Trinajstić information content (AvgIpc) is 2.61. The highest BCUT2D eigenvalue weighted by molar-refractivity contribution is 7.99. The third-order valence-corrected chi connectivity index (χ3v) is 3.44. The Morgan fingerprint density at radius 2 is 2.58 bits per heavy atom. The fourth-order valence-electron chi connectivity index (χ4n) is 1.40. The molecule has 0 saturated carbocycles. The molecule has 6 heteroatoms. The molecular weight excluding hydrogens is 192 g/mol. The zero-order valence-electron chi connectivity index (χ0n) is 6.49. The predicted molar refractivity (Wildman–Crippen MR) is 52.8 cm³/mol. The van der Waals surface area contributed by atoms with Crippen molar-refractivity contribution < 1.29 is 0 Å². The number of nitrogen functional groups attached to an aromatic ring is 1. The number of aromatic amines is 1. The third kappa shape index (κ3) is 1.25. The Morgan fingerprint density at radius 3 is 3.08 bits per heavy atom. The molecule has 66 valence electrons. The molecule has 1 atom stereocenters. The summed E-state index contributed by atoms with van der Waals surface area (Å²) in [4.78, 5) is 0. The van der Waals surface area contributed by atoms with E-state index in [1.807, 2.05) is 16.3 Å².